The predicted octanol–water partition coefficient (Wildman–Crippen LogP) is 5.42. The molecule has 0 aliphatic heterocycles. The van der Waals surface area contributed by atoms with Crippen molar-refractivity contribution in [3.8, 4) is 0 Å². The zero-order valence-corrected chi connectivity index (χ0v) is 19.6. The van der Waals surface area contributed by atoms with Gasteiger partial charge in [0.1, 0.15) is 6.04 Å². The highest BCUT2D eigenvalue weighted by Gasteiger charge is 2.29. The number of carbonyl (C=O) groups is 2. The number of hydrogen-bond donors (Lipinski definition) is 1. The highest BCUT2D eigenvalue weighted by molar-refractivity contribution is 6.36. The van der Waals surface area contributed by atoms with Gasteiger partial charge < -0.3 is 10.2 Å². The van der Waals surface area contributed by atoms with Crippen molar-refractivity contribution >= 4 is 35.0 Å². The topological polar surface area (TPSA) is 49.4 Å². The molecule has 1 N–H and O–H groups in total. The van der Waals surface area contributed by atoms with Gasteiger partial charge in [0, 0.05) is 28.7 Å². The Morgan fingerprint density at radius 1 is 1.07 bits per heavy atom. The molecule has 0 radical (unpaired) electrons. The van der Waals surface area contributed by atoms with E-state index >= 15 is 0 Å². The summed E-state index contributed by atoms with van der Waals surface area (Å²) in [6.45, 7) is 8.69. The molecular formula is C24H30Cl2N2O2. The number of hydrogen-bond acceptors (Lipinski definition) is 2. The Morgan fingerprint density at radius 2 is 1.70 bits per heavy atom. The minimum absolute atomic E-state index is 0.136. The molecule has 2 amide bonds. The number of nitrogens with one attached hydrogen (secondary N) is 1. The Morgan fingerprint density at radius 3 is 2.27 bits per heavy atom. The third-order valence-corrected chi connectivity index (χ3v) is 5.61. The molecule has 0 saturated heterocycles. The van der Waals surface area contributed by atoms with Crippen molar-refractivity contribution in [2.45, 2.75) is 53.1 Å². The van der Waals surface area contributed by atoms with Crippen molar-refractivity contribution in [1.29, 1.82) is 0 Å². The summed E-state index contributed by atoms with van der Waals surface area (Å²) < 4.78 is 0. The van der Waals surface area contributed by atoms with Crippen LogP contribution in [0.5, 0.6) is 0 Å². The molecule has 0 heterocycles. The summed E-state index contributed by atoms with van der Waals surface area (Å²) in [5, 5.41) is 3.92. The summed E-state index contributed by atoms with van der Waals surface area (Å²) in [6, 6.07) is 12.5. The standard InChI is InChI=1S/C24H30Cl2N2O2/c1-5-22(24(30)27-14-16(2)3)28(15-19-20(25)10-7-11-21(19)26)23(29)13-18-9-6-8-17(4)12-18/h6-12,16,22H,5,13-15H2,1-4H3,(H,27,30). The van der Waals surface area contributed by atoms with Crippen LogP contribution in [0, 0.1) is 12.8 Å². The van der Waals surface area contributed by atoms with Gasteiger partial charge in [-0.25, -0.2) is 0 Å². The molecule has 2 aromatic rings. The summed E-state index contributed by atoms with van der Waals surface area (Å²) in [4.78, 5) is 27.9. The monoisotopic (exact) mass is 448 g/mol. The molecule has 2 aromatic carbocycles. The van der Waals surface area contributed by atoms with Gasteiger partial charge in [0.15, 0.2) is 0 Å². The molecule has 0 bridgehead atoms. The molecule has 30 heavy (non-hydrogen) atoms. The zero-order chi connectivity index (χ0) is 22.3. The van der Waals surface area contributed by atoms with Gasteiger partial charge in [-0.1, -0.05) is 79.9 Å². The lowest BCUT2D eigenvalue weighted by Crippen LogP contribution is -2.50. The highest BCUT2D eigenvalue weighted by atomic mass is 35.5. The number of amides is 2. The molecule has 1 unspecified atom stereocenters. The summed E-state index contributed by atoms with van der Waals surface area (Å²) in [6.07, 6.45) is 0.698. The molecule has 162 valence electrons. The van der Waals surface area contributed by atoms with Gasteiger partial charge in [-0.15, -0.1) is 0 Å². The van der Waals surface area contributed by atoms with E-state index in [-0.39, 0.29) is 24.8 Å². The van der Waals surface area contributed by atoms with E-state index in [2.05, 4.69) is 5.32 Å². The summed E-state index contributed by atoms with van der Waals surface area (Å²) in [7, 11) is 0. The SMILES string of the molecule is CCC(C(=O)NCC(C)C)N(Cc1c(Cl)cccc1Cl)C(=O)Cc1cccc(C)c1. The van der Waals surface area contributed by atoms with E-state index in [1.54, 1.807) is 23.1 Å². The maximum absolute atomic E-state index is 13.4. The van der Waals surface area contributed by atoms with Gasteiger partial charge in [0.05, 0.1) is 6.42 Å². The minimum atomic E-state index is -0.603. The van der Waals surface area contributed by atoms with E-state index in [1.807, 2.05) is 52.0 Å². The zero-order valence-electron chi connectivity index (χ0n) is 18.0. The molecule has 0 aliphatic carbocycles. The first-order valence-electron chi connectivity index (χ1n) is 10.3. The predicted molar refractivity (Wildman–Crippen MR) is 124 cm³/mol. The van der Waals surface area contributed by atoms with Crippen molar-refractivity contribution in [1.82, 2.24) is 10.2 Å². The van der Waals surface area contributed by atoms with Crippen molar-refractivity contribution in [3.63, 3.8) is 0 Å². The summed E-state index contributed by atoms with van der Waals surface area (Å²) in [5.74, 6) is 0.0241. The van der Waals surface area contributed by atoms with Gasteiger partial charge in [-0.3, -0.25) is 9.59 Å². The molecule has 1 atom stereocenters. The summed E-state index contributed by atoms with van der Waals surface area (Å²) >= 11 is 12.7. The fourth-order valence-corrected chi connectivity index (χ4v) is 3.81. The molecule has 2 rings (SSSR count). The van der Waals surface area contributed by atoms with Crippen molar-refractivity contribution < 1.29 is 9.59 Å². The number of nitrogens with zero attached hydrogens (tertiary/aromatic N) is 1. The highest BCUT2D eigenvalue weighted by Crippen LogP contribution is 2.27. The Kier molecular flexibility index (Phi) is 9.19. The third kappa shape index (κ3) is 6.75. The van der Waals surface area contributed by atoms with Gasteiger partial charge in [-0.05, 0) is 37.0 Å². The van der Waals surface area contributed by atoms with Crippen LogP contribution >= 0.6 is 23.2 Å². The number of rotatable bonds is 9. The molecule has 0 fully saturated rings. The minimum Gasteiger partial charge on any atom is -0.354 e. The Hall–Kier alpha value is -2.04. The van der Waals surface area contributed by atoms with Gasteiger partial charge in [0.2, 0.25) is 11.8 Å². The van der Waals surface area contributed by atoms with Crippen LogP contribution in [0.25, 0.3) is 0 Å². The Balaban J connectivity index is 2.34. The van der Waals surface area contributed by atoms with E-state index in [0.717, 1.165) is 11.1 Å². The van der Waals surface area contributed by atoms with Crippen molar-refractivity contribution in [2.24, 2.45) is 5.92 Å². The van der Waals surface area contributed by atoms with E-state index in [9.17, 15) is 9.59 Å². The Labute approximate surface area is 189 Å². The Bertz CT molecular complexity index is 863. The third-order valence-electron chi connectivity index (χ3n) is 4.90. The second-order valence-electron chi connectivity index (χ2n) is 7.95. The lowest BCUT2D eigenvalue weighted by molar-refractivity contribution is -0.141. The number of aryl methyl sites for hydroxylation is 1. The lowest BCUT2D eigenvalue weighted by atomic mass is 10.0. The van der Waals surface area contributed by atoms with Crippen molar-refractivity contribution in [2.75, 3.05) is 6.54 Å². The second-order valence-corrected chi connectivity index (χ2v) is 8.77. The van der Waals surface area contributed by atoms with E-state index in [0.29, 0.717) is 34.5 Å². The fourth-order valence-electron chi connectivity index (χ4n) is 3.29. The van der Waals surface area contributed by atoms with E-state index < -0.39 is 6.04 Å². The number of benzene rings is 2. The van der Waals surface area contributed by atoms with Crippen LogP contribution in [0.15, 0.2) is 42.5 Å². The normalized spacial score (nSPS) is 12.0. The second kappa shape index (κ2) is 11.4. The number of carbonyl (C=O) groups excluding carboxylic acids is 2. The van der Waals surface area contributed by atoms with Gasteiger partial charge >= 0.3 is 0 Å². The summed E-state index contributed by atoms with van der Waals surface area (Å²) in [5.41, 5.74) is 2.64. The average Bonchev–Trinajstić information content (AvgIpc) is 2.68. The molecule has 4 nitrogen and oxygen atoms in total. The first-order chi connectivity index (χ1) is 14.2. The molecule has 0 spiro atoms. The smallest absolute Gasteiger partial charge is 0.242 e. The molecular weight excluding hydrogens is 419 g/mol. The van der Waals surface area contributed by atoms with Crippen LogP contribution in [0.1, 0.15) is 43.9 Å². The largest absolute Gasteiger partial charge is 0.354 e. The fraction of sp³-hybridized carbons (Fsp3) is 0.417. The molecule has 6 heteroatoms. The van der Waals surface area contributed by atoms with E-state index in [4.69, 9.17) is 23.2 Å². The van der Waals surface area contributed by atoms with E-state index in [1.165, 1.54) is 0 Å². The van der Waals surface area contributed by atoms with Gasteiger partial charge in [-0.2, -0.15) is 0 Å². The molecule has 0 aromatic heterocycles. The molecule has 0 aliphatic rings. The first kappa shape index (κ1) is 24.2. The van der Waals surface area contributed by atoms with Crippen LogP contribution in [-0.4, -0.2) is 29.3 Å². The first-order valence-corrected chi connectivity index (χ1v) is 11.0. The van der Waals surface area contributed by atoms with Crippen LogP contribution in [0.2, 0.25) is 10.0 Å². The maximum Gasteiger partial charge on any atom is 0.242 e. The van der Waals surface area contributed by atoms with Gasteiger partial charge in [0.25, 0.3) is 0 Å². The number of halogens is 2. The van der Waals surface area contributed by atoms with Crippen LogP contribution in [0.4, 0.5) is 0 Å². The maximum atomic E-state index is 13.4. The molecule has 0 saturated carbocycles. The van der Waals surface area contributed by atoms with Crippen LogP contribution in [-0.2, 0) is 22.6 Å². The van der Waals surface area contributed by atoms with Crippen molar-refractivity contribution in [3.05, 3.63) is 69.2 Å². The quantitative estimate of drug-likeness (QED) is 0.556. The van der Waals surface area contributed by atoms with Crippen LogP contribution in [0.3, 0.4) is 0 Å². The average molecular weight is 449 g/mol. The lowest BCUT2D eigenvalue weighted by Gasteiger charge is -2.31. The van der Waals surface area contributed by atoms with Crippen LogP contribution < -0.4 is 5.32 Å².